The van der Waals surface area contributed by atoms with Crippen LogP contribution in [0.4, 0.5) is 0 Å². The molecule has 2 aliphatic heterocycles. The second-order valence-electron chi connectivity index (χ2n) is 7.79. The first-order valence-electron chi connectivity index (χ1n) is 9.00. The van der Waals surface area contributed by atoms with Crippen molar-refractivity contribution in [3.05, 3.63) is 12.2 Å². The number of ether oxygens (including phenoxy) is 3. The summed E-state index contributed by atoms with van der Waals surface area (Å²) in [5.74, 6) is -0.194. The summed E-state index contributed by atoms with van der Waals surface area (Å²) >= 11 is 0. The van der Waals surface area contributed by atoms with Crippen LogP contribution in [0.5, 0.6) is 0 Å². The van der Waals surface area contributed by atoms with Gasteiger partial charge in [-0.2, -0.15) is 0 Å². The maximum atomic E-state index is 10.2. The molecule has 1 N–H and O–H groups in total. The van der Waals surface area contributed by atoms with Crippen LogP contribution in [0.25, 0.3) is 0 Å². The summed E-state index contributed by atoms with van der Waals surface area (Å²) in [6.45, 7) is 10.7. The van der Waals surface area contributed by atoms with Crippen LogP contribution >= 0.6 is 0 Å². The highest BCUT2D eigenvalue weighted by atomic mass is 16.7. The lowest BCUT2D eigenvalue weighted by Crippen LogP contribution is -2.53. The predicted octanol–water partition coefficient (Wildman–Crippen LogP) is 3.82. The third kappa shape index (κ3) is 4.56. The molecule has 4 nitrogen and oxygen atoms in total. The fourth-order valence-corrected chi connectivity index (χ4v) is 3.72. The molecule has 2 aliphatic rings. The number of rotatable bonds is 9. The average Bonchev–Trinajstić information content (AvgIpc) is 2.91. The Hall–Kier alpha value is -0.420. The molecule has 4 heteroatoms. The summed E-state index contributed by atoms with van der Waals surface area (Å²) in [7, 11) is 1.70. The Bertz CT molecular complexity index is 410. The molecule has 23 heavy (non-hydrogen) atoms. The van der Waals surface area contributed by atoms with Crippen molar-refractivity contribution in [2.45, 2.75) is 89.3 Å². The molecule has 0 radical (unpaired) electrons. The molecule has 0 aromatic rings. The molecule has 0 spiro atoms. The second-order valence-corrected chi connectivity index (χ2v) is 7.79. The van der Waals surface area contributed by atoms with Crippen molar-refractivity contribution < 1.29 is 19.3 Å². The van der Waals surface area contributed by atoms with Crippen LogP contribution in [0.15, 0.2) is 12.2 Å². The molecule has 5 atom stereocenters. The molecule has 2 heterocycles. The lowest BCUT2D eigenvalue weighted by atomic mass is 9.87. The SMILES string of the molecule is C=C(C)CCC(O)C(C)CCCC1(C)OCC2(OC)CCC1O2. The Morgan fingerprint density at radius 1 is 1.43 bits per heavy atom. The van der Waals surface area contributed by atoms with Crippen molar-refractivity contribution in [2.24, 2.45) is 5.92 Å². The van der Waals surface area contributed by atoms with Crippen LogP contribution in [0.2, 0.25) is 0 Å². The van der Waals surface area contributed by atoms with Crippen molar-refractivity contribution in [1.29, 1.82) is 0 Å². The minimum absolute atomic E-state index is 0.125. The fraction of sp³-hybridized carbons (Fsp3) is 0.895. The van der Waals surface area contributed by atoms with Crippen LogP contribution in [0.1, 0.15) is 65.7 Å². The number of allylic oxidation sites excluding steroid dienone is 1. The van der Waals surface area contributed by atoms with Crippen LogP contribution in [-0.4, -0.2) is 42.4 Å². The Labute approximate surface area is 141 Å². The van der Waals surface area contributed by atoms with E-state index in [1.807, 2.05) is 6.92 Å². The largest absolute Gasteiger partial charge is 0.393 e. The molecular formula is C19H34O4. The van der Waals surface area contributed by atoms with E-state index in [9.17, 15) is 5.11 Å². The van der Waals surface area contributed by atoms with Gasteiger partial charge in [-0.3, -0.25) is 0 Å². The lowest BCUT2D eigenvalue weighted by molar-refractivity contribution is -0.320. The van der Waals surface area contributed by atoms with Gasteiger partial charge in [-0.1, -0.05) is 18.9 Å². The smallest absolute Gasteiger partial charge is 0.192 e. The van der Waals surface area contributed by atoms with Gasteiger partial charge in [0, 0.05) is 13.5 Å². The number of methoxy groups -OCH3 is 1. The van der Waals surface area contributed by atoms with Crippen LogP contribution in [0, 0.1) is 5.92 Å². The molecule has 0 amide bonds. The summed E-state index contributed by atoms with van der Waals surface area (Å²) in [6, 6.07) is 0. The summed E-state index contributed by atoms with van der Waals surface area (Å²) in [5.41, 5.74) is 0.917. The molecule has 134 valence electrons. The van der Waals surface area contributed by atoms with E-state index in [1.165, 1.54) is 0 Å². The number of hydrogen-bond acceptors (Lipinski definition) is 4. The van der Waals surface area contributed by atoms with Gasteiger partial charge in [0.15, 0.2) is 5.79 Å². The molecule has 2 rings (SSSR count). The highest BCUT2D eigenvalue weighted by Crippen LogP contribution is 2.45. The third-order valence-electron chi connectivity index (χ3n) is 5.68. The standard InChI is InChI=1S/C19H34O4/c1-14(2)8-9-16(20)15(3)7-6-11-18(4)17-10-12-19(21-5,23-17)13-22-18/h15-17,20H,1,6-13H2,2-5H3. The zero-order valence-electron chi connectivity index (χ0n) is 15.3. The molecule has 0 aromatic carbocycles. The van der Waals surface area contributed by atoms with Gasteiger partial charge in [0.05, 0.1) is 17.8 Å². The zero-order chi connectivity index (χ0) is 17.1. The first kappa shape index (κ1) is 18.9. The van der Waals surface area contributed by atoms with E-state index >= 15 is 0 Å². The second kappa shape index (κ2) is 7.64. The summed E-state index contributed by atoms with van der Waals surface area (Å²) < 4.78 is 17.8. The highest BCUT2D eigenvalue weighted by Gasteiger charge is 2.53. The normalized spacial score (nSPS) is 36.0. The van der Waals surface area contributed by atoms with Crippen LogP contribution in [0.3, 0.4) is 0 Å². The lowest BCUT2D eigenvalue weighted by Gasteiger charge is -2.43. The quantitative estimate of drug-likeness (QED) is 0.654. The Morgan fingerprint density at radius 2 is 2.17 bits per heavy atom. The fourth-order valence-electron chi connectivity index (χ4n) is 3.72. The van der Waals surface area contributed by atoms with E-state index in [2.05, 4.69) is 20.4 Å². The molecule has 0 aromatic heterocycles. The minimum Gasteiger partial charge on any atom is -0.393 e. The minimum atomic E-state index is -0.504. The van der Waals surface area contributed by atoms with E-state index in [4.69, 9.17) is 14.2 Å². The summed E-state index contributed by atoms with van der Waals surface area (Å²) in [6.07, 6.45) is 6.54. The Morgan fingerprint density at radius 3 is 2.83 bits per heavy atom. The van der Waals surface area contributed by atoms with Gasteiger partial charge in [-0.25, -0.2) is 0 Å². The van der Waals surface area contributed by atoms with Crippen LogP contribution in [-0.2, 0) is 14.2 Å². The van der Waals surface area contributed by atoms with Gasteiger partial charge in [0.2, 0.25) is 0 Å². The van der Waals surface area contributed by atoms with E-state index in [-0.39, 0.29) is 17.8 Å². The molecule has 0 aliphatic carbocycles. The number of aliphatic hydroxyl groups excluding tert-OH is 1. The van der Waals surface area contributed by atoms with Gasteiger partial charge in [0.1, 0.15) is 6.61 Å². The van der Waals surface area contributed by atoms with E-state index < -0.39 is 5.79 Å². The van der Waals surface area contributed by atoms with Crippen molar-refractivity contribution in [1.82, 2.24) is 0 Å². The Balaban J connectivity index is 1.74. The molecule has 2 saturated heterocycles. The summed E-state index contributed by atoms with van der Waals surface area (Å²) in [5, 5.41) is 10.2. The monoisotopic (exact) mass is 326 g/mol. The van der Waals surface area contributed by atoms with Crippen molar-refractivity contribution >= 4 is 0 Å². The predicted molar refractivity (Wildman–Crippen MR) is 91.3 cm³/mol. The highest BCUT2D eigenvalue weighted by molar-refractivity contribution is 4.98. The average molecular weight is 326 g/mol. The topological polar surface area (TPSA) is 47.9 Å². The van der Waals surface area contributed by atoms with Crippen molar-refractivity contribution in [2.75, 3.05) is 13.7 Å². The van der Waals surface area contributed by atoms with E-state index in [0.717, 1.165) is 50.5 Å². The van der Waals surface area contributed by atoms with Gasteiger partial charge in [-0.05, 0) is 51.9 Å². The maximum absolute atomic E-state index is 10.2. The Kier molecular flexibility index (Phi) is 6.28. The first-order chi connectivity index (χ1) is 10.8. The van der Waals surface area contributed by atoms with Gasteiger partial charge >= 0.3 is 0 Å². The summed E-state index contributed by atoms with van der Waals surface area (Å²) in [4.78, 5) is 0. The molecule has 2 fully saturated rings. The van der Waals surface area contributed by atoms with Gasteiger partial charge in [-0.15, -0.1) is 6.58 Å². The maximum Gasteiger partial charge on any atom is 0.192 e. The van der Waals surface area contributed by atoms with Crippen molar-refractivity contribution in [3.8, 4) is 0 Å². The van der Waals surface area contributed by atoms with Gasteiger partial charge < -0.3 is 19.3 Å². The van der Waals surface area contributed by atoms with E-state index in [0.29, 0.717) is 12.5 Å². The van der Waals surface area contributed by atoms with Crippen LogP contribution < -0.4 is 0 Å². The zero-order valence-corrected chi connectivity index (χ0v) is 15.3. The third-order valence-corrected chi connectivity index (χ3v) is 5.68. The van der Waals surface area contributed by atoms with Crippen molar-refractivity contribution in [3.63, 3.8) is 0 Å². The molecule has 5 unspecified atom stereocenters. The first-order valence-corrected chi connectivity index (χ1v) is 9.00. The molecule has 2 bridgehead atoms. The van der Waals surface area contributed by atoms with E-state index in [1.54, 1.807) is 7.11 Å². The molecule has 0 saturated carbocycles. The van der Waals surface area contributed by atoms with Gasteiger partial charge in [0.25, 0.3) is 0 Å². The molecular weight excluding hydrogens is 292 g/mol. The number of fused-ring (bicyclic) bond motifs is 2. The number of hydrogen-bond donors (Lipinski definition) is 1. The number of aliphatic hydroxyl groups is 1.